The lowest BCUT2D eigenvalue weighted by Gasteiger charge is -2.30. The maximum atomic E-state index is 13.7. The van der Waals surface area contributed by atoms with Gasteiger partial charge in [-0.1, -0.05) is 81.0 Å². The summed E-state index contributed by atoms with van der Waals surface area (Å²) in [5.74, 6) is 0.883. The Bertz CT molecular complexity index is 1390. The SMILES string of the molecule is CCC(CC)CN1C(=O)C(=Cc2c(N3CCc4ccccc4C3)nc3ccccn3c2=O)SC1=S. The number of hydrogen-bond acceptors (Lipinski definition) is 6. The zero-order valence-electron chi connectivity index (χ0n) is 19.9. The molecular weight excluding hydrogens is 476 g/mol. The van der Waals surface area contributed by atoms with Gasteiger partial charge in [0, 0.05) is 25.8 Å². The molecular formula is C27H28N4O2S2. The first-order valence-electron chi connectivity index (χ1n) is 12.1. The van der Waals surface area contributed by atoms with Gasteiger partial charge in [0.25, 0.3) is 11.5 Å². The number of hydrogen-bond donors (Lipinski definition) is 0. The average molecular weight is 505 g/mol. The van der Waals surface area contributed by atoms with Gasteiger partial charge in [0.1, 0.15) is 15.8 Å². The van der Waals surface area contributed by atoms with Crippen LogP contribution in [0.3, 0.4) is 0 Å². The van der Waals surface area contributed by atoms with Gasteiger partial charge in [0.15, 0.2) is 0 Å². The second-order valence-electron chi connectivity index (χ2n) is 9.00. The highest BCUT2D eigenvalue weighted by molar-refractivity contribution is 8.26. The van der Waals surface area contributed by atoms with Crippen molar-refractivity contribution in [1.29, 1.82) is 0 Å². The number of anilines is 1. The predicted octanol–water partition coefficient (Wildman–Crippen LogP) is 4.89. The standard InChI is InChI=1S/C27H28N4O2S2/c1-3-18(4-2)16-31-26(33)22(35-27(31)34)15-21-24(28-23-11-7-8-13-30(23)25(21)32)29-14-12-19-9-5-6-10-20(19)17-29/h5-11,13,15,18H,3-4,12,14,16-17H2,1-2H3. The van der Waals surface area contributed by atoms with Crippen LogP contribution < -0.4 is 10.5 Å². The van der Waals surface area contributed by atoms with E-state index in [9.17, 15) is 9.59 Å². The third-order valence-corrected chi connectivity index (χ3v) is 8.30. The number of pyridine rings is 1. The van der Waals surface area contributed by atoms with Crippen LogP contribution in [0.15, 0.2) is 58.4 Å². The Kier molecular flexibility index (Phi) is 6.75. The zero-order chi connectivity index (χ0) is 24.5. The minimum atomic E-state index is -0.185. The smallest absolute Gasteiger partial charge is 0.267 e. The van der Waals surface area contributed by atoms with Crippen LogP contribution >= 0.6 is 24.0 Å². The number of carbonyl (C=O) groups excluding carboxylic acids is 1. The number of fused-ring (bicyclic) bond motifs is 2. The van der Waals surface area contributed by atoms with E-state index in [1.165, 1.54) is 27.3 Å². The molecule has 1 saturated heterocycles. The van der Waals surface area contributed by atoms with Gasteiger partial charge in [-0.15, -0.1) is 0 Å². The Morgan fingerprint density at radius 3 is 2.60 bits per heavy atom. The van der Waals surface area contributed by atoms with E-state index in [4.69, 9.17) is 17.2 Å². The molecule has 2 aliphatic heterocycles. The van der Waals surface area contributed by atoms with Crippen molar-refractivity contribution >= 4 is 51.7 Å². The molecule has 6 nitrogen and oxygen atoms in total. The number of amides is 1. The summed E-state index contributed by atoms with van der Waals surface area (Å²) in [4.78, 5) is 36.2. The Morgan fingerprint density at radius 2 is 1.83 bits per heavy atom. The largest absolute Gasteiger partial charge is 0.351 e. The molecule has 3 aromatic rings. The molecule has 8 heteroatoms. The van der Waals surface area contributed by atoms with Crippen molar-refractivity contribution in [3.63, 3.8) is 0 Å². The first kappa shape index (κ1) is 23.8. The van der Waals surface area contributed by atoms with Gasteiger partial charge < -0.3 is 4.90 Å². The molecule has 1 fully saturated rings. The lowest BCUT2D eigenvalue weighted by atomic mass is 9.99. The highest BCUT2D eigenvalue weighted by Crippen LogP contribution is 2.35. The third kappa shape index (κ3) is 4.52. The van der Waals surface area contributed by atoms with Crippen LogP contribution in [0, 0.1) is 5.92 Å². The Balaban J connectivity index is 1.58. The van der Waals surface area contributed by atoms with Crippen LogP contribution in [0.25, 0.3) is 11.7 Å². The Labute approximate surface area is 214 Å². The second-order valence-corrected chi connectivity index (χ2v) is 10.7. The fraction of sp³-hybridized carbons (Fsp3) is 0.333. The molecule has 0 aliphatic carbocycles. The monoisotopic (exact) mass is 504 g/mol. The summed E-state index contributed by atoms with van der Waals surface area (Å²) in [5, 5.41) is 0. The van der Waals surface area contributed by atoms with Crippen molar-refractivity contribution in [1.82, 2.24) is 14.3 Å². The van der Waals surface area contributed by atoms with E-state index in [-0.39, 0.29) is 11.5 Å². The van der Waals surface area contributed by atoms with Crippen molar-refractivity contribution < 1.29 is 4.79 Å². The lowest BCUT2D eigenvalue weighted by molar-refractivity contribution is -0.122. The second kappa shape index (κ2) is 9.95. The van der Waals surface area contributed by atoms with Gasteiger partial charge in [0.2, 0.25) is 0 Å². The molecule has 4 heterocycles. The number of aromatic nitrogens is 2. The van der Waals surface area contributed by atoms with Crippen molar-refractivity contribution in [2.24, 2.45) is 5.92 Å². The first-order chi connectivity index (χ1) is 17.0. The lowest BCUT2D eigenvalue weighted by Crippen LogP contribution is -2.34. The maximum Gasteiger partial charge on any atom is 0.267 e. The quantitative estimate of drug-likeness (QED) is 0.352. The van der Waals surface area contributed by atoms with E-state index < -0.39 is 0 Å². The van der Waals surface area contributed by atoms with Crippen LogP contribution in [-0.4, -0.2) is 37.6 Å². The van der Waals surface area contributed by atoms with Gasteiger partial charge in [-0.3, -0.25) is 18.9 Å². The molecule has 180 valence electrons. The fourth-order valence-corrected chi connectivity index (χ4v) is 5.99. The maximum absolute atomic E-state index is 13.7. The topological polar surface area (TPSA) is 57.9 Å². The van der Waals surface area contributed by atoms with E-state index in [1.807, 2.05) is 24.3 Å². The van der Waals surface area contributed by atoms with E-state index >= 15 is 0 Å². The molecule has 1 aromatic carbocycles. The number of benzene rings is 1. The molecule has 0 unspecified atom stereocenters. The predicted molar refractivity (Wildman–Crippen MR) is 147 cm³/mol. The highest BCUT2D eigenvalue weighted by atomic mass is 32.2. The van der Waals surface area contributed by atoms with Crippen LogP contribution in [0.4, 0.5) is 5.82 Å². The normalized spacial score (nSPS) is 17.2. The van der Waals surface area contributed by atoms with Gasteiger partial charge >= 0.3 is 0 Å². The number of thiocarbonyl (C=S) groups is 1. The summed E-state index contributed by atoms with van der Waals surface area (Å²) >= 11 is 6.83. The van der Waals surface area contributed by atoms with Crippen molar-refractivity contribution in [2.45, 2.75) is 39.7 Å². The van der Waals surface area contributed by atoms with E-state index in [2.05, 4.69) is 36.9 Å². The van der Waals surface area contributed by atoms with Crippen LogP contribution in [0.5, 0.6) is 0 Å². The Morgan fingerprint density at radius 1 is 1.09 bits per heavy atom. The van der Waals surface area contributed by atoms with Crippen LogP contribution in [0.2, 0.25) is 0 Å². The average Bonchev–Trinajstić information content (AvgIpc) is 3.15. The summed E-state index contributed by atoms with van der Waals surface area (Å²) in [6.45, 7) is 6.30. The number of carbonyl (C=O) groups is 1. The molecule has 0 atom stereocenters. The summed E-state index contributed by atoms with van der Waals surface area (Å²) in [7, 11) is 0. The summed E-state index contributed by atoms with van der Waals surface area (Å²) in [5.41, 5.74) is 3.39. The van der Waals surface area contributed by atoms with Gasteiger partial charge in [-0.2, -0.15) is 0 Å². The molecule has 5 rings (SSSR count). The zero-order valence-corrected chi connectivity index (χ0v) is 21.6. The Hall–Kier alpha value is -2.97. The van der Waals surface area contributed by atoms with Crippen LogP contribution in [-0.2, 0) is 17.8 Å². The number of nitrogens with zero attached hydrogens (tertiary/aromatic N) is 4. The van der Waals surface area contributed by atoms with Crippen molar-refractivity contribution in [3.8, 4) is 0 Å². The molecule has 0 saturated carbocycles. The van der Waals surface area contributed by atoms with Crippen molar-refractivity contribution in [2.75, 3.05) is 18.0 Å². The molecule has 2 aromatic heterocycles. The summed E-state index contributed by atoms with van der Waals surface area (Å²) < 4.78 is 2.09. The molecule has 35 heavy (non-hydrogen) atoms. The van der Waals surface area contributed by atoms with E-state index in [0.29, 0.717) is 45.3 Å². The third-order valence-electron chi connectivity index (χ3n) is 6.92. The highest BCUT2D eigenvalue weighted by Gasteiger charge is 2.34. The molecule has 0 N–H and O–H groups in total. The summed E-state index contributed by atoms with van der Waals surface area (Å²) in [6.07, 6.45) is 6.28. The van der Waals surface area contributed by atoms with E-state index in [1.54, 1.807) is 17.2 Å². The number of thioether (sulfide) groups is 1. The number of rotatable bonds is 6. The van der Waals surface area contributed by atoms with Gasteiger partial charge in [0.05, 0.1) is 10.5 Å². The minimum absolute atomic E-state index is 0.126. The molecule has 0 bridgehead atoms. The molecule has 2 aliphatic rings. The summed E-state index contributed by atoms with van der Waals surface area (Å²) in [6, 6.07) is 13.9. The van der Waals surface area contributed by atoms with Crippen molar-refractivity contribution in [3.05, 3.63) is 80.6 Å². The minimum Gasteiger partial charge on any atom is -0.351 e. The molecule has 0 radical (unpaired) electrons. The molecule has 1 amide bonds. The van der Waals surface area contributed by atoms with Gasteiger partial charge in [-0.25, -0.2) is 4.98 Å². The fourth-order valence-electron chi connectivity index (χ4n) is 4.73. The van der Waals surface area contributed by atoms with Gasteiger partial charge in [-0.05, 0) is 41.7 Å². The van der Waals surface area contributed by atoms with E-state index in [0.717, 1.165) is 25.8 Å². The van der Waals surface area contributed by atoms with Crippen LogP contribution in [0.1, 0.15) is 43.4 Å². The molecule has 0 spiro atoms. The first-order valence-corrected chi connectivity index (χ1v) is 13.3.